The van der Waals surface area contributed by atoms with Crippen LogP contribution in [0.3, 0.4) is 0 Å². The van der Waals surface area contributed by atoms with Crippen molar-refractivity contribution in [3.8, 4) is 11.5 Å². The lowest BCUT2D eigenvalue weighted by molar-refractivity contribution is -0.113. The summed E-state index contributed by atoms with van der Waals surface area (Å²) in [6.45, 7) is 4.27. The molecule has 2 heterocycles. The van der Waals surface area contributed by atoms with Gasteiger partial charge in [-0.2, -0.15) is 10.1 Å². The first-order valence-electron chi connectivity index (χ1n) is 9.77. The molecule has 0 bridgehead atoms. The summed E-state index contributed by atoms with van der Waals surface area (Å²) in [6, 6.07) is 12.5. The first-order valence-corrected chi connectivity index (χ1v) is 10.6. The average molecular weight is 484 g/mol. The molecule has 1 aliphatic heterocycles. The number of carbonyl (C=O) groups excluding carboxylic acids is 1. The van der Waals surface area contributed by atoms with Crippen molar-refractivity contribution >= 4 is 33.5 Å². The van der Waals surface area contributed by atoms with Crippen LogP contribution in [0.1, 0.15) is 25.5 Å². The summed E-state index contributed by atoms with van der Waals surface area (Å²) < 4.78 is 13.8. The molecule has 0 fully saturated rings. The van der Waals surface area contributed by atoms with Gasteiger partial charge in [-0.3, -0.25) is 4.79 Å². The highest BCUT2D eigenvalue weighted by molar-refractivity contribution is 9.10. The molecule has 160 valence electrons. The number of aromatic nitrogens is 3. The van der Waals surface area contributed by atoms with E-state index in [9.17, 15) is 4.79 Å². The van der Waals surface area contributed by atoms with Crippen LogP contribution in [-0.4, -0.2) is 34.4 Å². The van der Waals surface area contributed by atoms with Crippen LogP contribution < -0.4 is 20.1 Å². The van der Waals surface area contributed by atoms with Crippen molar-refractivity contribution in [3.05, 3.63) is 70.1 Å². The second-order valence-electron chi connectivity index (χ2n) is 6.86. The van der Waals surface area contributed by atoms with Gasteiger partial charge in [0.05, 0.1) is 25.0 Å². The molecule has 9 heteroatoms. The highest BCUT2D eigenvalue weighted by Gasteiger charge is 2.35. The van der Waals surface area contributed by atoms with Gasteiger partial charge >= 0.3 is 0 Å². The van der Waals surface area contributed by atoms with Crippen molar-refractivity contribution in [2.45, 2.75) is 19.9 Å². The van der Waals surface area contributed by atoms with Gasteiger partial charge in [0.1, 0.15) is 23.9 Å². The zero-order chi connectivity index (χ0) is 22.0. The number of allylic oxidation sites excluding steroid dienone is 1. The number of halogens is 1. The van der Waals surface area contributed by atoms with E-state index in [0.29, 0.717) is 41.0 Å². The van der Waals surface area contributed by atoms with E-state index in [4.69, 9.17) is 9.47 Å². The van der Waals surface area contributed by atoms with E-state index in [2.05, 4.69) is 36.6 Å². The molecule has 2 aromatic carbocycles. The predicted molar refractivity (Wildman–Crippen MR) is 121 cm³/mol. The third-order valence-electron chi connectivity index (χ3n) is 4.96. The summed E-state index contributed by atoms with van der Waals surface area (Å²) in [7, 11) is 1.57. The average Bonchev–Trinajstić information content (AvgIpc) is 3.22. The number of fused-ring (bicyclic) bond motifs is 1. The van der Waals surface area contributed by atoms with E-state index >= 15 is 0 Å². The van der Waals surface area contributed by atoms with Crippen LogP contribution in [0, 0.1) is 0 Å². The molecule has 1 aromatic heterocycles. The second-order valence-corrected chi connectivity index (χ2v) is 7.78. The standard InChI is InChI=1S/C22H22BrN5O3/c1-4-31-17-10-9-14(23)11-15(17)20-19(13(2)26-22-24-12-25-28(20)22)21(29)27-16-7-5-6-8-18(16)30-3/h5-12,20H,4H2,1-3H3,(H,27,29)(H,24,25,26)/t20-/m0/s1. The van der Waals surface area contributed by atoms with Crippen molar-refractivity contribution in [1.29, 1.82) is 0 Å². The van der Waals surface area contributed by atoms with E-state index < -0.39 is 6.04 Å². The van der Waals surface area contributed by atoms with Crippen molar-refractivity contribution in [3.63, 3.8) is 0 Å². The smallest absolute Gasteiger partial charge is 0.255 e. The summed E-state index contributed by atoms with van der Waals surface area (Å²) in [5.41, 5.74) is 2.56. The quantitative estimate of drug-likeness (QED) is 0.540. The Morgan fingerprint density at radius 1 is 1.26 bits per heavy atom. The SMILES string of the molecule is CCOc1ccc(Br)cc1[C@H]1C(C(=O)Nc2ccccc2OC)=C(C)Nc2ncnn21. The molecule has 0 aliphatic carbocycles. The van der Waals surface area contributed by atoms with Crippen molar-refractivity contribution < 1.29 is 14.3 Å². The first-order chi connectivity index (χ1) is 15.0. The normalized spacial score (nSPS) is 15.2. The maximum atomic E-state index is 13.5. The Bertz CT molecular complexity index is 1160. The molecule has 3 aromatic rings. The van der Waals surface area contributed by atoms with Gasteiger partial charge in [0.15, 0.2) is 0 Å². The molecule has 1 atom stereocenters. The molecule has 1 amide bonds. The van der Waals surface area contributed by atoms with Gasteiger partial charge in [-0.15, -0.1) is 0 Å². The molecule has 0 saturated heterocycles. The predicted octanol–water partition coefficient (Wildman–Crippen LogP) is 4.38. The number of anilines is 2. The topological polar surface area (TPSA) is 90.3 Å². The Balaban J connectivity index is 1.82. The maximum absolute atomic E-state index is 13.5. The molecule has 0 unspecified atom stereocenters. The fourth-order valence-corrected chi connectivity index (χ4v) is 4.01. The van der Waals surface area contributed by atoms with Gasteiger partial charge in [0, 0.05) is 15.7 Å². The Hall–Kier alpha value is -3.33. The molecule has 0 radical (unpaired) electrons. The number of carbonyl (C=O) groups is 1. The zero-order valence-electron chi connectivity index (χ0n) is 17.3. The fraction of sp³-hybridized carbons (Fsp3) is 0.227. The molecular formula is C22H22BrN5O3. The zero-order valence-corrected chi connectivity index (χ0v) is 18.9. The number of methoxy groups -OCH3 is 1. The number of hydrogen-bond acceptors (Lipinski definition) is 6. The number of para-hydroxylation sites is 2. The van der Waals surface area contributed by atoms with Crippen LogP contribution in [0.15, 0.2) is 64.5 Å². The second kappa shape index (κ2) is 8.81. The summed E-state index contributed by atoms with van der Waals surface area (Å²) in [4.78, 5) is 17.8. The van der Waals surface area contributed by atoms with Gasteiger partial charge in [-0.05, 0) is 44.2 Å². The number of rotatable bonds is 6. The van der Waals surface area contributed by atoms with Crippen molar-refractivity contribution in [1.82, 2.24) is 14.8 Å². The summed E-state index contributed by atoms with van der Waals surface area (Å²) in [5, 5.41) is 10.5. The Labute approximate surface area is 188 Å². The summed E-state index contributed by atoms with van der Waals surface area (Å²) in [6.07, 6.45) is 1.46. The lowest BCUT2D eigenvalue weighted by atomic mass is 9.94. The number of benzene rings is 2. The minimum Gasteiger partial charge on any atom is -0.495 e. The molecule has 31 heavy (non-hydrogen) atoms. The highest BCUT2D eigenvalue weighted by Crippen LogP contribution is 2.40. The maximum Gasteiger partial charge on any atom is 0.255 e. The Kier molecular flexibility index (Phi) is 5.94. The van der Waals surface area contributed by atoms with Crippen LogP contribution in [0.5, 0.6) is 11.5 Å². The summed E-state index contributed by atoms with van der Waals surface area (Å²) >= 11 is 3.54. The van der Waals surface area contributed by atoms with Gasteiger partial charge in [-0.1, -0.05) is 28.1 Å². The lowest BCUT2D eigenvalue weighted by Gasteiger charge is -2.30. The molecule has 1 aliphatic rings. The monoisotopic (exact) mass is 483 g/mol. The van der Waals surface area contributed by atoms with Crippen LogP contribution >= 0.6 is 15.9 Å². The van der Waals surface area contributed by atoms with E-state index in [1.165, 1.54) is 6.33 Å². The van der Waals surface area contributed by atoms with Crippen LogP contribution in [-0.2, 0) is 4.79 Å². The third kappa shape index (κ3) is 4.00. The summed E-state index contributed by atoms with van der Waals surface area (Å²) in [5.74, 6) is 1.53. The van der Waals surface area contributed by atoms with Crippen LogP contribution in [0.25, 0.3) is 0 Å². The van der Waals surface area contributed by atoms with E-state index in [1.807, 2.05) is 44.2 Å². The molecule has 8 nitrogen and oxygen atoms in total. The minimum absolute atomic E-state index is 0.275. The van der Waals surface area contributed by atoms with Gasteiger partial charge in [-0.25, -0.2) is 4.68 Å². The number of nitrogens with one attached hydrogen (secondary N) is 2. The van der Waals surface area contributed by atoms with Crippen molar-refractivity contribution in [2.75, 3.05) is 24.4 Å². The Morgan fingerprint density at radius 3 is 2.84 bits per heavy atom. The highest BCUT2D eigenvalue weighted by atomic mass is 79.9. The van der Waals surface area contributed by atoms with Crippen LogP contribution in [0.4, 0.5) is 11.6 Å². The molecule has 2 N–H and O–H groups in total. The number of ether oxygens (including phenoxy) is 2. The van der Waals surface area contributed by atoms with E-state index in [-0.39, 0.29) is 5.91 Å². The van der Waals surface area contributed by atoms with E-state index in [0.717, 1.165) is 10.0 Å². The van der Waals surface area contributed by atoms with Gasteiger partial charge < -0.3 is 20.1 Å². The molecule has 0 saturated carbocycles. The molecule has 4 rings (SSSR count). The Morgan fingerprint density at radius 2 is 2.06 bits per heavy atom. The van der Waals surface area contributed by atoms with Gasteiger partial charge in [0.25, 0.3) is 5.91 Å². The van der Waals surface area contributed by atoms with Crippen LogP contribution in [0.2, 0.25) is 0 Å². The number of nitrogens with zero attached hydrogens (tertiary/aromatic N) is 3. The first kappa shape index (κ1) is 20.9. The fourth-order valence-electron chi connectivity index (χ4n) is 3.63. The molecular weight excluding hydrogens is 462 g/mol. The van der Waals surface area contributed by atoms with E-state index in [1.54, 1.807) is 23.9 Å². The lowest BCUT2D eigenvalue weighted by Crippen LogP contribution is -2.32. The largest absolute Gasteiger partial charge is 0.495 e. The number of amides is 1. The van der Waals surface area contributed by atoms with Gasteiger partial charge in [0.2, 0.25) is 5.95 Å². The molecule has 0 spiro atoms. The third-order valence-corrected chi connectivity index (χ3v) is 5.45. The minimum atomic E-state index is -0.535. The number of hydrogen-bond donors (Lipinski definition) is 2. The van der Waals surface area contributed by atoms with Crippen molar-refractivity contribution in [2.24, 2.45) is 0 Å².